The molecule has 0 unspecified atom stereocenters. The Morgan fingerprint density at radius 1 is 1.20 bits per heavy atom. The smallest absolute Gasteiger partial charge is 0.272 e. The van der Waals surface area contributed by atoms with Crippen molar-refractivity contribution in [3.8, 4) is 0 Å². The maximum absolute atomic E-state index is 14.0. The quantitative estimate of drug-likeness (QED) is 0.763. The lowest BCUT2D eigenvalue weighted by Gasteiger charge is -2.12. The van der Waals surface area contributed by atoms with E-state index in [1.165, 1.54) is 13.0 Å². The van der Waals surface area contributed by atoms with Gasteiger partial charge in [-0.05, 0) is 38.1 Å². The minimum Gasteiger partial charge on any atom is -0.366 e. The second kappa shape index (κ2) is 6.39. The first kappa shape index (κ1) is 16.7. The number of nitrogens with one attached hydrogen (secondary N) is 1. The van der Waals surface area contributed by atoms with Crippen LogP contribution >= 0.6 is 0 Å². The monoisotopic (exact) mass is 339 g/mol. The van der Waals surface area contributed by atoms with E-state index in [0.717, 1.165) is 17.0 Å². The van der Waals surface area contributed by atoms with Crippen molar-refractivity contribution < 1.29 is 14.0 Å². The van der Waals surface area contributed by atoms with Gasteiger partial charge in [0.2, 0.25) is 5.91 Å². The molecule has 0 atom stereocenters. The maximum Gasteiger partial charge on any atom is 0.272 e. The number of carbonyl (C=O) groups is 2. The van der Waals surface area contributed by atoms with Gasteiger partial charge in [0, 0.05) is 34.3 Å². The lowest BCUT2D eigenvalue weighted by Crippen LogP contribution is -2.19. The largest absolute Gasteiger partial charge is 0.366 e. The molecule has 3 aromatic rings. The summed E-state index contributed by atoms with van der Waals surface area (Å²) in [6.45, 7) is 4.10. The molecule has 2 aromatic carbocycles. The fraction of sp³-hybridized carbons (Fsp3) is 0.158. The summed E-state index contributed by atoms with van der Waals surface area (Å²) in [7, 11) is 0. The Hall–Kier alpha value is -3.15. The molecule has 0 aliphatic carbocycles. The molecule has 0 saturated heterocycles. The molecule has 0 spiro atoms. The normalized spacial score (nSPS) is 10.8. The van der Waals surface area contributed by atoms with Gasteiger partial charge in [-0.15, -0.1) is 0 Å². The fourth-order valence-electron chi connectivity index (χ4n) is 2.88. The zero-order valence-electron chi connectivity index (χ0n) is 14.0. The Labute approximate surface area is 144 Å². The Morgan fingerprint density at radius 3 is 2.60 bits per heavy atom. The first-order valence-electron chi connectivity index (χ1n) is 7.92. The van der Waals surface area contributed by atoms with Gasteiger partial charge in [0.25, 0.3) is 5.91 Å². The second-order valence-electron chi connectivity index (χ2n) is 5.78. The molecule has 2 amide bonds. The van der Waals surface area contributed by atoms with Crippen LogP contribution in [-0.4, -0.2) is 16.4 Å². The third-order valence-corrected chi connectivity index (χ3v) is 4.24. The van der Waals surface area contributed by atoms with Crippen molar-refractivity contribution in [1.82, 2.24) is 4.57 Å². The third-order valence-electron chi connectivity index (χ3n) is 4.24. The number of hydrogen-bond donors (Lipinski definition) is 2. The molecule has 1 heterocycles. The summed E-state index contributed by atoms with van der Waals surface area (Å²) in [5.74, 6) is -1.72. The van der Waals surface area contributed by atoms with Crippen LogP contribution in [0.3, 0.4) is 0 Å². The number of aromatic nitrogens is 1. The van der Waals surface area contributed by atoms with E-state index >= 15 is 0 Å². The van der Waals surface area contributed by atoms with Gasteiger partial charge >= 0.3 is 0 Å². The summed E-state index contributed by atoms with van der Waals surface area (Å²) < 4.78 is 15.9. The first-order chi connectivity index (χ1) is 11.9. The van der Waals surface area contributed by atoms with Gasteiger partial charge in [0.1, 0.15) is 11.5 Å². The molecule has 3 N–H and O–H groups in total. The highest BCUT2D eigenvalue weighted by Gasteiger charge is 2.17. The van der Waals surface area contributed by atoms with E-state index in [0.29, 0.717) is 12.2 Å². The number of fused-ring (bicyclic) bond motifs is 1. The summed E-state index contributed by atoms with van der Waals surface area (Å²) in [6, 6.07) is 11.9. The van der Waals surface area contributed by atoms with Gasteiger partial charge in [-0.25, -0.2) is 4.39 Å². The molecule has 6 heteroatoms. The van der Waals surface area contributed by atoms with Crippen LogP contribution in [0.5, 0.6) is 0 Å². The summed E-state index contributed by atoms with van der Waals surface area (Å²) >= 11 is 0. The number of aryl methyl sites for hydroxylation is 1. The van der Waals surface area contributed by atoms with Crippen LogP contribution in [0, 0.1) is 12.7 Å². The number of amides is 2. The number of rotatable bonds is 4. The average molecular weight is 339 g/mol. The number of carbonyl (C=O) groups excluding carboxylic acids is 2. The van der Waals surface area contributed by atoms with Gasteiger partial charge in [0.05, 0.1) is 0 Å². The summed E-state index contributed by atoms with van der Waals surface area (Å²) in [5, 5.41) is 3.64. The SMILES string of the molecule is CCn1c(C(=O)Nc2cc(C(N)=O)cc(F)c2C)cc2ccccc21. The molecule has 0 radical (unpaired) electrons. The minimum absolute atomic E-state index is 0.00874. The number of anilines is 1. The predicted molar refractivity (Wildman–Crippen MR) is 95.2 cm³/mol. The van der Waals surface area contributed by atoms with Crippen LogP contribution in [-0.2, 0) is 6.54 Å². The molecule has 0 aliphatic heterocycles. The molecule has 5 nitrogen and oxygen atoms in total. The third kappa shape index (κ3) is 2.98. The van der Waals surface area contributed by atoms with Gasteiger partial charge in [-0.2, -0.15) is 0 Å². The number of benzene rings is 2. The van der Waals surface area contributed by atoms with Gasteiger partial charge < -0.3 is 15.6 Å². The van der Waals surface area contributed by atoms with Crippen LogP contribution in [0.25, 0.3) is 10.9 Å². The lowest BCUT2D eigenvalue weighted by atomic mass is 10.1. The highest BCUT2D eigenvalue weighted by atomic mass is 19.1. The van der Waals surface area contributed by atoms with E-state index in [-0.39, 0.29) is 22.7 Å². The fourth-order valence-corrected chi connectivity index (χ4v) is 2.88. The number of hydrogen-bond acceptors (Lipinski definition) is 2. The molecule has 0 saturated carbocycles. The van der Waals surface area contributed by atoms with Crippen molar-refractivity contribution >= 4 is 28.4 Å². The minimum atomic E-state index is -0.753. The first-order valence-corrected chi connectivity index (χ1v) is 7.92. The molecule has 0 fully saturated rings. The van der Waals surface area contributed by atoms with Crippen molar-refractivity contribution in [3.05, 3.63) is 65.1 Å². The molecule has 0 aliphatic rings. The number of halogens is 1. The average Bonchev–Trinajstić information content (AvgIpc) is 2.97. The highest BCUT2D eigenvalue weighted by molar-refractivity contribution is 6.07. The Kier molecular flexibility index (Phi) is 4.27. The van der Waals surface area contributed by atoms with E-state index in [1.54, 1.807) is 6.07 Å². The second-order valence-corrected chi connectivity index (χ2v) is 5.78. The zero-order valence-corrected chi connectivity index (χ0v) is 14.0. The van der Waals surface area contributed by atoms with Gasteiger partial charge in [-0.1, -0.05) is 18.2 Å². The Bertz CT molecular complexity index is 992. The number of primary amides is 1. The maximum atomic E-state index is 14.0. The van der Waals surface area contributed by atoms with Crippen molar-refractivity contribution in [1.29, 1.82) is 0 Å². The summed E-state index contributed by atoms with van der Waals surface area (Å²) in [5.41, 5.74) is 7.12. The van der Waals surface area contributed by atoms with Crippen LogP contribution in [0.4, 0.5) is 10.1 Å². The number of nitrogens with zero attached hydrogens (tertiary/aromatic N) is 1. The Balaban J connectivity index is 2.02. The van der Waals surface area contributed by atoms with Gasteiger partial charge in [-0.3, -0.25) is 9.59 Å². The van der Waals surface area contributed by atoms with E-state index in [2.05, 4.69) is 5.32 Å². The molecule has 1 aromatic heterocycles. The Morgan fingerprint density at radius 2 is 1.92 bits per heavy atom. The molecule has 128 valence electrons. The van der Waals surface area contributed by atoms with Crippen molar-refractivity contribution in [2.24, 2.45) is 5.73 Å². The van der Waals surface area contributed by atoms with E-state index in [9.17, 15) is 14.0 Å². The summed E-state index contributed by atoms with van der Waals surface area (Å²) in [6.07, 6.45) is 0. The van der Waals surface area contributed by atoms with Crippen molar-refractivity contribution in [2.45, 2.75) is 20.4 Å². The van der Waals surface area contributed by atoms with Crippen LogP contribution < -0.4 is 11.1 Å². The molecule has 25 heavy (non-hydrogen) atoms. The topological polar surface area (TPSA) is 77.1 Å². The van der Waals surface area contributed by atoms with Crippen LogP contribution in [0.2, 0.25) is 0 Å². The standard InChI is InChI=1S/C19H18FN3O2/c1-3-23-16-7-5-4-6-12(16)10-17(23)19(25)22-15-9-13(18(21)24)8-14(20)11(15)2/h4-10H,3H2,1-2H3,(H2,21,24)(H,22,25). The van der Waals surface area contributed by atoms with E-state index in [4.69, 9.17) is 5.73 Å². The lowest BCUT2D eigenvalue weighted by molar-refractivity contribution is 0.0994. The number of para-hydroxylation sites is 1. The number of nitrogens with two attached hydrogens (primary N) is 1. The van der Waals surface area contributed by atoms with E-state index in [1.807, 2.05) is 35.8 Å². The molecule has 3 rings (SSSR count). The molecular weight excluding hydrogens is 321 g/mol. The van der Waals surface area contributed by atoms with Crippen molar-refractivity contribution in [2.75, 3.05) is 5.32 Å². The zero-order chi connectivity index (χ0) is 18.1. The molecular formula is C19H18FN3O2. The van der Waals surface area contributed by atoms with Crippen LogP contribution in [0.1, 0.15) is 33.3 Å². The van der Waals surface area contributed by atoms with E-state index < -0.39 is 11.7 Å². The predicted octanol–water partition coefficient (Wildman–Crippen LogP) is 3.46. The van der Waals surface area contributed by atoms with Crippen LogP contribution in [0.15, 0.2) is 42.5 Å². The molecule has 0 bridgehead atoms. The highest BCUT2D eigenvalue weighted by Crippen LogP contribution is 2.24. The van der Waals surface area contributed by atoms with Gasteiger partial charge in [0.15, 0.2) is 0 Å². The van der Waals surface area contributed by atoms with Crippen molar-refractivity contribution in [3.63, 3.8) is 0 Å². The summed E-state index contributed by atoms with van der Waals surface area (Å²) in [4.78, 5) is 24.1.